The smallest absolute Gasteiger partial charge is 0.191 e. The molecule has 0 bridgehead atoms. The van der Waals surface area contributed by atoms with E-state index in [0.717, 1.165) is 50.3 Å². The summed E-state index contributed by atoms with van der Waals surface area (Å²) in [6.07, 6.45) is 3.70. The molecule has 1 saturated carbocycles. The lowest BCUT2D eigenvalue weighted by atomic mass is 10.0. The van der Waals surface area contributed by atoms with Crippen LogP contribution in [-0.2, 0) is 4.74 Å². The largest absolute Gasteiger partial charge is 0.381 e. The number of rotatable bonds is 11. The predicted octanol–water partition coefficient (Wildman–Crippen LogP) is 3.72. The first-order valence-corrected chi connectivity index (χ1v) is 9.53. The summed E-state index contributed by atoms with van der Waals surface area (Å²) in [6, 6.07) is 10.7. The Morgan fingerprint density at radius 1 is 1.19 bits per heavy atom. The number of aliphatic imine (C=N–C) groups is 1. The number of guanidine groups is 1. The number of ether oxygens (including phenoxy) is 1. The molecule has 2 rings (SSSR count). The molecule has 1 aliphatic carbocycles. The normalized spacial score (nSPS) is 15.3. The van der Waals surface area contributed by atoms with Crippen LogP contribution in [0.4, 0.5) is 5.69 Å². The van der Waals surface area contributed by atoms with E-state index in [0.29, 0.717) is 12.0 Å². The Labute approximate surface area is 175 Å². The van der Waals surface area contributed by atoms with Gasteiger partial charge < -0.3 is 20.7 Å². The minimum atomic E-state index is 0. The van der Waals surface area contributed by atoms with E-state index >= 15 is 0 Å². The van der Waals surface area contributed by atoms with Crippen LogP contribution in [0.2, 0.25) is 0 Å². The van der Waals surface area contributed by atoms with Crippen molar-refractivity contribution in [2.24, 2.45) is 16.8 Å². The van der Waals surface area contributed by atoms with Crippen LogP contribution in [0.15, 0.2) is 35.3 Å². The standard InChI is InChI=1S/C20H34N4O.HI/c1-16(2)19(24-18-8-5-4-6-9-18)14-23-20(21-3)22-12-7-13-25-15-17-10-11-17;/h4-6,8-9,16-17,19,24H,7,10-15H2,1-3H3,(H2,21,22,23);1H. The molecule has 26 heavy (non-hydrogen) atoms. The van der Waals surface area contributed by atoms with Crippen molar-refractivity contribution in [3.8, 4) is 0 Å². The minimum absolute atomic E-state index is 0. The van der Waals surface area contributed by atoms with Gasteiger partial charge in [0, 0.05) is 45.1 Å². The van der Waals surface area contributed by atoms with Crippen LogP contribution in [0.1, 0.15) is 33.1 Å². The maximum atomic E-state index is 5.66. The molecule has 0 radical (unpaired) electrons. The highest BCUT2D eigenvalue weighted by atomic mass is 127. The number of para-hydroxylation sites is 1. The maximum Gasteiger partial charge on any atom is 0.191 e. The average Bonchev–Trinajstić information content (AvgIpc) is 3.44. The van der Waals surface area contributed by atoms with Gasteiger partial charge in [-0.3, -0.25) is 4.99 Å². The Bertz CT molecular complexity index is 506. The van der Waals surface area contributed by atoms with E-state index in [1.807, 2.05) is 13.1 Å². The molecule has 1 aromatic carbocycles. The van der Waals surface area contributed by atoms with Crippen LogP contribution in [0, 0.1) is 11.8 Å². The molecule has 0 heterocycles. The van der Waals surface area contributed by atoms with Gasteiger partial charge in [-0.1, -0.05) is 32.0 Å². The second-order valence-corrected chi connectivity index (χ2v) is 7.11. The Hall–Kier alpha value is -1.02. The van der Waals surface area contributed by atoms with Crippen LogP contribution in [-0.4, -0.2) is 45.4 Å². The van der Waals surface area contributed by atoms with Crippen LogP contribution in [0.5, 0.6) is 0 Å². The zero-order chi connectivity index (χ0) is 17.9. The topological polar surface area (TPSA) is 57.7 Å². The molecule has 0 aromatic heterocycles. The summed E-state index contributed by atoms with van der Waals surface area (Å²) in [6.45, 7) is 7.93. The van der Waals surface area contributed by atoms with Crippen molar-refractivity contribution >= 4 is 35.6 Å². The van der Waals surface area contributed by atoms with Crippen molar-refractivity contribution in [3.05, 3.63) is 30.3 Å². The van der Waals surface area contributed by atoms with Crippen molar-refractivity contribution in [3.63, 3.8) is 0 Å². The maximum absolute atomic E-state index is 5.66. The van der Waals surface area contributed by atoms with Crippen molar-refractivity contribution in [2.75, 3.05) is 38.7 Å². The molecule has 1 aliphatic rings. The highest BCUT2D eigenvalue weighted by Crippen LogP contribution is 2.28. The monoisotopic (exact) mass is 474 g/mol. The lowest BCUT2D eigenvalue weighted by molar-refractivity contribution is 0.123. The molecule has 148 valence electrons. The van der Waals surface area contributed by atoms with Gasteiger partial charge in [0.15, 0.2) is 5.96 Å². The summed E-state index contributed by atoms with van der Waals surface area (Å²) in [5.41, 5.74) is 1.15. The van der Waals surface area contributed by atoms with E-state index in [1.54, 1.807) is 0 Å². The van der Waals surface area contributed by atoms with E-state index in [2.05, 4.69) is 59.1 Å². The van der Waals surface area contributed by atoms with Gasteiger partial charge in [0.2, 0.25) is 0 Å². The van der Waals surface area contributed by atoms with Gasteiger partial charge in [-0.15, -0.1) is 24.0 Å². The van der Waals surface area contributed by atoms with E-state index in [9.17, 15) is 0 Å². The number of hydrogen-bond acceptors (Lipinski definition) is 3. The third-order valence-corrected chi connectivity index (χ3v) is 4.45. The molecule has 1 unspecified atom stereocenters. The van der Waals surface area contributed by atoms with Gasteiger partial charge in [-0.05, 0) is 43.2 Å². The van der Waals surface area contributed by atoms with Crippen LogP contribution in [0.3, 0.4) is 0 Å². The summed E-state index contributed by atoms with van der Waals surface area (Å²) in [4.78, 5) is 4.31. The first kappa shape index (κ1) is 23.0. The van der Waals surface area contributed by atoms with Gasteiger partial charge in [0.1, 0.15) is 0 Å². The molecule has 6 heteroatoms. The van der Waals surface area contributed by atoms with Gasteiger partial charge in [-0.25, -0.2) is 0 Å². The molecule has 0 saturated heterocycles. The van der Waals surface area contributed by atoms with Crippen LogP contribution in [0.25, 0.3) is 0 Å². The number of anilines is 1. The Balaban J connectivity index is 0.00000338. The Morgan fingerprint density at radius 2 is 1.92 bits per heavy atom. The van der Waals surface area contributed by atoms with Crippen molar-refractivity contribution < 1.29 is 4.74 Å². The summed E-state index contributed by atoms with van der Waals surface area (Å²) < 4.78 is 5.66. The van der Waals surface area contributed by atoms with E-state index in [1.165, 1.54) is 12.8 Å². The van der Waals surface area contributed by atoms with E-state index in [-0.39, 0.29) is 24.0 Å². The van der Waals surface area contributed by atoms with Crippen LogP contribution >= 0.6 is 24.0 Å². The number of benzene rings is 1. The second kappa shape index (κ2) is 13.2. The Kier molecular flexibility index (Phi) is 11.7. The summed E-state index contributed by atoms with van der Waals surface area (Å²) in [5.74, 6) is 2.21. The fraction of sp³-hybridized carbons (Fsp3) is 0.650. The van der Waals surface area contributed by atoms with Crippen molar-refractivity contribution in [1.82, 2.24) is 10.6 Å². The first-order chi connectivity index (χ1) is 12.2. The third kappa shape index (κ3) is 9.62. The lowest BCUT2D eigenvalue weighted by Crippen LogP contribution is -2.45. The van der Waals surface area contributed by atoms with Crippen molar-refractivity contribution in [1.29, 1.82) is 0 Å². The quantitative estimate of drug-likeness (QED) is 0.198. The fourth-order valence-corrected chi connectivity index (χ4v) is 2.54. The molecular weight excluding hydrogens is 439 g/mol. The molecule has 1 fully saturated rings. The second-order valence-electron chi connectivity index (χ2n) is 7.11. The van der Waals surface area contributed by atoms with E-state index in [4.69, 9.17) is 4.74 Å². The molecule has 0 spiro atoms. The number of halogens is 1. The minimum Gasteiger partial charge on any atom is -0.381 e. The summed E-state index contributed by atoms with van der Waals surface area (Å²) >= 11 is 0. The van der Waals surface area contributed by atoms with Gasteiger partial charge in [0.05, 0.1) is 0 Å². The van der Waals surface area contributed by atoms with Crippen LogP contribution < -0.4 is 16.0 Å². The highest BCUT2D eigenvalue weighted by molar-refractivity contribution is 14.0. The lowest BCUT2D eigenvalue weighted by Gasteiger charge is -2.25. The molecular formula is C20H35IN4O. The summed E-state index contributed by atoms with van der Waals surface area (Å²) in [7, 11) is 1.81. The number of hydrogen-bond donors (Lipinski definition) is 3. The highest BCUT2D eigenvalue weighted by Gasteiger charge is 2.20. The molecule has 1 aromatic rings. The van der Waals surface area contributed by atoms with Gasteiger partial charge in [0.25, 0.3) is 0 Å². The predicted molar refractivity (Wildman–Crippen MR) is 122 cm³/mol. The van der Waals surface area contributed by atoms with E-state index < -0.39 is 0 Å². The fourth-order valence-electron chi connectivity index (χ4n) is 2.54. The average molecular weight is 474 g/mol. The SMILES string of the molecule is CN=C(NCCCOCC1CC1)NCC(Nc1ccccc1)C(C)C.I. The summed E-state index contributed by atoms with van der Waals surface area (Å²) in [5, 5.41) is 10.4. The third-order valence-electron chi connectivity index (χ3n) is 4.45. The molecule has 1 atom stereocenters. The molecule has 5 nitrogen and oxygen atoms in total. The Morgan fingerprint density at radius 3 is 2.54 bits per heavy atom. The van der Waals surface area contributed by atoms with Crippen molar-refractivity contribution in [2.45, 2.75) is 39.2 Å². The van der Waals surface area contributed by atoms with Gasteiger partial charge in [-0.2, -0.15) is 0 Å². The molecule has 3 N–H and O–H groups in total. The zero-order valence-corrected chi connectivity index (χ0v) is 18.7. The number of nitrogens with zero attached hydrogens (tertiary/aromatic N) is 1. The zero-order valence-electron chi connectivity index (χ0n) is 16.3. The molecule has 0 aliphatic heterocycles. The van der Waals surface area contributed by atoms with Gasteiger partial charge >= 0.3 is 0 Å². The molecule has 0 amide bonds. The number of nitrogens with one attached hydrogen (secondary N) is 3. The first-order valence-electron chi connectivity index (χ1n) is 9.53.